The third-order valence-electron chi connectivity index (χ3n) is 6.91. The Morgan fingerprint density at radius 3 is 2.75 bits per heavy atom. The van der Waals surface area contributed by atoms with E-state index in [0.717, 1.165) is 75.5 Å². The van der Waals surface area contributed by atoms with Gasteiger partial charge in [-0.3, -0.25) is 4.40 Å². The van der Waals surface area contributed by atoms with Crippen molar-refractivity contribution in [3.63, 3.8) is 0 Å². The van der Waals surface area contributed by atoms with Crippen LogP contribution in [0.1, 0.15) is 30.5 Å². The van der Waals surface area contributed by atoms with E-state index in [2.05, 4.69) is 53.2 Å². The highest BCUT2D eigenvalue weighted by molar-refractivity contribution is 7.98. The standard InChI is InChI=1S/C26H26N6O2S2/c1-26(2)12-17-18(13-34-26)22(31-8-10-33-11-9-31)28-24-19(17)20-21(36-24)23-29-30-25(32(23)15-27-20)35-14-16-6-4-3-5-7-16/h3-7,15H,8-14H2,1-2H3. The van der Waals surface area contributed by atoms with E-state index in [-0.39, 0.29) is 5.60 Å². The van der Waals surface area contributed by atoms with Gasteiger partial charge in [0.05, 0.1) is 30.9 Å². The maximum atomic E-state index is 6.25. The van der Waals surface area contributed by atoms with E-state index in [9.17, 15) is 0 Å². The smallest absolute Gasteiger partial charge is 0.197 e. The summed E-state index contributed by atoms with van der Waals surface area (Å²) in [6.07, 6.45) is 2.69. The summed E-state index contributed by atoms with van der Waals surface area (Å²) in [6.45, 7) is 8.00. The normalized spacial score (nSPS) is 17.8. The van der Waals surface area contributed by atoms with E-state index in [0.29, 0.717) is 6.61 Å². The molecule has 1 aromatic carbocycles. The van der Waals surface area contributed by atoms with Crippen LogP contribution >= 0.6 is 23.1 Å². The minimum Gasteiger partial charge on any atom is -0.378 e. The molecule has 0 unspecified atom stereocenters. The molecule has 4 aromatic heterocycles. The molecule has 6 heterocycles. The summed E-state index contributed by atoms with van der Waals surface area (Å²) in [5.74, 6) is 1.86. The molecular weight excluding hydrogens is 492 g/mol. The third kappa shape index (κ3) is 3.75. The molecule has 0 atom stereocenters. The van der Waals surface area contributed by atoms with Crippen LogP contribution in [0, 0.1) is 0 Å². The quantitative estimate of drug-likeness (QED) is 0.312. The van der Waals surface area contributed by atoms with Crippen molar-refractivity contribution in [2.24, 2.45) is 0 Å². The molecule has 7 rings (SSSR count). The number of rotatable bonds is 4. The summed E-state index contributed by atoms with van der Waals surface area (Å²) in [5, 5.41) is 11.1. The topological polar surface area (TPSA) is 77.7 Å². The monoisotopic (exact) mass is 518 g/mol. The molecule has 10 heteroatoms. The molecule has 184 valence electrons. The molecular formula is C26H26N6O2S2. The second kappa shape index (κ2) is 8.65. The molecule has 0 bridgehead atoms. The molecule has 0 amide bonds. The van der Waals surface area contributed by atoms with Crippen LogP contribution in [0.2, 0.25) is 0 Å². The van der Waals surface area contributed by atoms with Crippen LogP contribution in [-0.4, -0.2) is 56.5 Å². The average molecular weight is 519 g/mol. The van der Waals surface area contributed by atoms with Crippen LogP contribution in [-0.2, 0) is 28.3 Å². The molecule has 0 N–H and O–H groups in total. The van der Waals surface area contributed by atoms with Gasteiger partial charge in [-0.1, -0.05) is 42.1 Å². The van der Waals surface area contributed by atoms with Crippen LogP contribution in [0.4, 0.5) is 5.82 Å². The van der Waals surface area contributed by atoms with Gasteiger partial charge < -0.3 is 14.4 Å². The molecule has 0 aliphatic carbocycles. The number of nitrogens with zero attached hydrogens (tertiary/aromatic N) is 6. The fraction of sp³-hybridized carbons (Fsp3) is 0.385. The number of ether oxygens (including phenoxy) is 2. The van der Waals surface area contributed by atoms with E-state index in [1.54, 1.807) is 23.1 Å². The minimum atomic E-state index is -0.238. The van der Waals surface area contributed by atoms with Crippen LogP contribution in [0.25, 0.3) is 26.1 Å². The lowest BCUT2D eigenvalue weighted by atomic mass is 9.90. The Morgan fingerprint density at radius 2 is 1.92 bits per heavy atom. The first-order valence-corrected chi connectivity index (χ1v) is 14.0. The summed E-state index contributed by atoms with van der Waals surface area (Å²) in [6, 6.07) is 10.4. The highest BCUT2D eigenvalue weighted by Crippen LogP contribution is 2.43. The van der Waals surface area contributed by atoms with Crippen molar-refractivity contribution in [2.75, 3.05) is 31.2 Å². The lowest BCUT2D eigenvalue weighted by Gasteiger charge is -2.36. The fourth-order valence-electron chi connectivity index (χ4n) is 5.09. The first kappa shape index (κ1) is 22.4. The van der Waals surface area contributed by atoms with Gasteiger partial charge in [-0.05, 0) is 25.0 Å². The molecule has 0 saturated carbocycles. The number of fused-ring (bicyclic) bond motifs is 7. The van der Waals surface area contributed by atoms with Gasteiger partial charge in [-0.15, -0.1) is 21.5 Å². The van der Waals surface area contributed by atoms with Gasteiger partial charge in [0.1, 0.15) is 21.7 Å². The number of hydrogen-bond donors (Lipinski definition) is 0. The zero-order valence-electron chi connectivity index (χ0n) is 20.2. The molecule has 36 heavy (non-hydrogen) atoms. The van der Waals surface area contributed by atoms with Crippen molar-refractivity contribution < 1.29 is 9.47 Å². The highest BCUT2D eigenvalue weighted by Gasteiger charge is 2.33. The Kier molecular flexibility index (Phi) is 5.39. The molecule has 1 saturated heterocycles. The van der Waals surface area contributed by atoms with E-state index >= 15 is 0 Å². The van der Waals surface area contributed by atoms with Gasteiger partial charge in [-0.25, -0.2) is 9.97 Å². The van der Waals surface area contributed by atoms with E-state index < -0.39 is 0 Å². The van der Waals surface area contributed by atoms with Crippen molar-refractivity contribution in [1.82, 2.24) is 24.6 Å². The minimum absolute atomic E-state index is 0.238. The Balaban J connectivity index is 1.38. The molecule has 2 aliphatic heterocycles. The van der Waals surface area contributed by atoms with Gasteiger partial charge in [0.25, 0.3) is 0 Å². The Labute approximate surface area is 216 Å². The summed E-state index contributed by atoms with van der Waals surface area (Å²) in [5.41, 5.74) is 5.31. The maximum absolute atomic E-state index is 6.25. The van der Waals surface area contributed by atoms with Crippen molar-refractivity contribution in [3.05, 3.63) is 53.3 Å². The van der Waals surface area contributed by atoms with Crippen molar-refractivity contribution in [3.8, 4) is 0 Å². The van der Waals surface area contributed by atoms with Crippen LogP contribution in [0.15, 0.2) is 41.8 Å². The summed E-state index contributed by atoms with van der Waals surface area (Å²) < 4.78 is 14.9. The van der Waals surface area contributed by atoms with Crippen LogP contribution in [0.5, 0.6) is 0 Å². The zero-order valence-corrected chi connectivity index (χ0v) is 21.9. The second-order valence-corrected chi connectivity index (χ2v) is 11.8. The first-order valence-electron chi connectivity index (χ1n) is 12.2. The predicted molar refractivity (Wildman–Crippen MR) is 143 cm³/mol. The van der Waals surface area contributed by atoms with Crippen molar-refractivity contribution >= 4 is 55.0 Å². The number of thioether (sulfide) groups is 1. The number of thiophene rings is 1. The van der Waals surface area contributed by atoms with Crippen molar-refractivity contribution in [1.29, 1.82) is 0 Å². The van der Waals surface area contributed by atoms with E-state index in [1.165, 1.54) is 16.7 Å². The van der Waals surface area contributed by atoms with Crippen LogP contribution < -0.4 is 4.90 Å². The van der Waals surface area contributed by atoms with Gasteiger partial charge in [-0.2, -0.15) is 0 Å². The number of benzene rings is 1. The molecule has 0 spiro atoms. The van der Waals surface area contributed by atoms with E-state index in [4.69, 9.17) is 19.4 Å². The first-order chi connectivity index (χ1) is 17.6. The van der Waals surface area contributed by atoms with Gasteiger partial charge in [0, 0.05) is 36.2 Å². The summed E-state index contributed by atoms with van der Waals surface area (Å²) in [7, 11) is 0. The molecule has 0 radical (unpaired) electrons. The summed E-state index contributed by atoms with van der Waals surface area (Å²) >= 11 is 3.34. The van der Waals surface area contributed by atoms with Crippen molar-refractivity contribution in [2.45, 2.75) is 43.4 Å². The lowest BCUT2D eigenvalue weighted by molar-refractivity contribution is -0.0396. The Morgan fingerprint density at radius 1 is 1.08 bits per heavy atom. The fourth-order valence-corrected chi connectivity index (χ4v) is 7.07. The Bertz CT molecular complexity index is 1590. The number of pyridine rings is 1. The van der Waals surface area contributed by atoms with Gasteiger partial charge in [0.2, 0.25) is 0 Å². The largest absolute Gasteiger partial charge is 0.378 e. The maximum Gasteiger partial charge on any atom is 0.197 e. The number of anilines is 1. The molecule has 1 fully saturated rings. The highest BCUT2D eigenvalue weighted by atomic mass is 32.2. The molecule has 2 aliphatic rings. The predicted octanol–water partition coefficient (Wildman–Crippen LogP) is 4.87. The molecule has 5 aromatic rings. The zero-order chi connectivity index (χ0) is 24.3. The second-order valence-electron chi connectivity index (χ2n) is 9.87. The van der Waals surface area contributed by atoms with E-state index in [1.807, 2.05) is 16.8 Å². The lowest BCUT2D eigenvalue weighted by Crippen LogP contribution is -2.39. The number of morpholine rings is 1. The number of hydrogen-bond acceptors (Lipinski definition) is 9. The molecule has 8 nitrogen and oxygen atoms in total. The average Bonchev–Trinajstić information content (AvgIpc) is 3.49. The van der Waals surface area contributed by atoms with Gasteiger partial charge >= 0.3 is 0 Å². The SMILES string of the molecule is CC1(C)Cc2c(c(N3CCOCC3)nc3sc4c(ncn5c(SCc6ccccc6)nnc45)c23)CO1. The van der Waals surface area contributed by atoms with Crippen LogP contribution in [0.3, 0.4) is 0 Å². The summed E-state index contributed by atoms with van der Waals surface area (Å²) in [4.78, 5) is 13.5. The Hall–Kier alpha value is -2.79. The number of aromatic nitrogens is 5. The van der Waals surface area contributed by atoms with Gasteiger partial charge in [0.15, 0.2) is 10.8 Å². The third-order valence-corrected chi connectivity index (χ3v) is 8.99.